The van der Waals surface area contributed by atoms with Crippen LogP contribution in [0.3, 0.4) is 0 Å². The second-order valence-electron chi connectivity index (χ2n) is 6.63. The summed E-state index contributed by atoms with van der Waals surface area (Å²) in [5, 5.41) is 13.2. The summed E-state index contributed by atoms with van der Waals surface area (Å²) in [6.45, 7) is 0.877. The van der Waals surface area contributed by atoms with Gasteiger partial charge in [0.15, 0.2) is 12.3 Å². The van der Waals surface area contributed by atoms with E-state index in [9.17, 15) is 19.5 Å². The maximum atomic E-state index is 12.3. The van der Waals surface area contributed by atoms with Gasteiger partial charge >= 0.3 is 6.09 Å². The number of cyclic esters (lactones) is 1. The fourth-order valence-corrected chi connectivity index (χ4v) is 4.19. The Morgan fingerprint density at radius 1 is 1.20 bits per heavy atom. The predicted octanol–water partition coefficient (Wildman–Crippen LogP) is 1.84. The number of benzene rings is 1. The van der Waals surface area contributed by atoms with Crippen molar-refractivity contribution in [2.24, 2.45) is 0 Å². The molecule has 0 bridgehead atoms. The molecule has 2 atom stereocenters. The largest absolute Gasteiger partial charge is 0.439 e. The van der Waals surface area contributed by atoms with Gasteiger partial charge in [-0.3, -0.25) is 9.59 Å². The van der Waals surface area contributed by atoms with Gasteiger partial charge in [0.2, 0.25) is 0 Å². The molecule has 0 spiro atoms. The van der Waals surface area contributed by atoms with E-state index in [0.29, 0.717) is 33.7 Å². The summed E-state index contributed by atoms with van der Waals surface area (Å²) < 4.78 is 10.8. The first-order chi connectivity index (χ1) is 14.4. The Bertz CT molecular complexity index is 965. The minimum absolute atomic E-state index is 0.0317. The van der Waals surface area contributed by atoms with Crippen LogP contribution in [-0.2, 0) is 14.3 Å². The van der Waals surface area contributed by atoms with Gasteiger partial charge in [-0.2, -0.15) is 0 Å². The van der Waals surface area contributed by atoms with Crippen molar-refractivity contribution in [1.29, 1.82) is 0 Å². The van der Waals surface area contributed by atoms with E-state index in [-0.39, 0.29) is 25.0 Å². The lowest BCUT2D eigenvalue weighted by Crippen LogP contribution is -2.42. The van der Waals surface area contributed by atoms with Crippen LogP contribution in [0, 0.1) is 0 Å². The number of hydrogen-bond acceptors (Lipinski definition) is 7. The average molecular weight is 452 g/mol. The molecule has 30 heavy (non-hydrogen) atoms. The van der Waals surface area contributed by atoms with E-state index in [1.165, 1.54) is 0 Å². The van der Waals surface area contributed by atoms with Crippen molar-refractivity contribution in [2.45, 2.75) is 12.3 Å². The van der Waals surface area contributed by atoms with Crippen LogP contribution in [0.25, 0.3) is 0 Å². The molecule has 3 amide bonds. The highest BCUT2D eigenvalue weighted by molar-refractivity contribution is 7.18. The highest BCUT2D eigenvalue weighted by Gasteiger charge is 2.41. The molecule has 0 radical (unpaired) electrons. The predicted molar refractivity (Wildman–Crippen MR) is 110 cm³/mol. The zero-order valence-electron chi connectivity index (χ0n) is 15.6. The lowest BCUT2D eigenvalue weighted by molar-refractivity contribution is -0.125. The Morgan fingerprint density at radius 3 is 2.60 bits per heavy atom. The molecule has 2 saturated heterocycles. The van der Waals surface area contributed by atoms with Crippen molar-refractivity contribution in [3.05, 3.63) is 45.6 Å². The van der Waals surface area contributed by atoms with Crippen LogP contribution < -0.4 is 15.1 Å². The van der Waals surface area contributed by atoms with Gasteiger partial charge in [0, 0.05) is 12.2 Å². The summed E-state index contributed by atoms with van der Waals surface area (Å²) >= 11 is 6.95. The van der Waals surface area contributed by atoms with E-state index in [0.717, 1.165) is 16.2 Å². The van der Waals surface area contributed by atoms with Crippen LogP contribution in [0.2, 0.25) is 4.34 Å². The number of morpholine rings is 1. The number of nitrogens with one attached hydrogen (secondary N) is 1. The monoisotopic (exact) mass is 451 g/mol. The van der Waals surface area contributed by atoms with Crippen molar-refractivity contribution in [3.63, 3.8) is 0 Å². The van der Waals surface area contributed by atoms with Gasteiger partial charge in [0.1, 0.15) is 6.61 Å². The van der Waals surface area contributed by atoms with Crippen LogP contribution in [0.1, 0.15) is 9.67 Å². The number of rotatable bonds is 5. The molecule has 2 fully saturated rings. The van der Waals surface area contributed by atoms with E-state index in [4.69, 9.17) is 21.1 Å². The number of carbonyl (C=O) groups excluding carboxylic acids is 3. The average Bonchev–Trinajstić information content (AvgIpc) is 3.29. The van der Waals surface area contributed by atoms with Gasteiger partial charge in [-0.15, -0.1) is 11.3 Å². The Morgan fingerprint density at radius 2 is 1.93 bits per heavy atom. The van der Waals surface area contributed by atoms with Crippen molar-refractivity contribution < 1.29 is 29.0 Å². The molecule has 11 heteroatoms. The second kappa shape index (κ2) is 8.60. The number of hydrogen-bond donors (Lipinski definition) is 2. The zero-order chi connectivity index (χ0) is 21.3. The molecule has 2 N–H and O–H groups in total. The highest BCUT2D eigenvalue weighted by atomic mass is 35.5. The van der Waals surface area contributed by atoms with E-state index < -0.39 is 18.4 Å². The SMILES string of the molecule is O=C(NC[C@@H]1OC(=O)N(c2ccc(N3CCOCC3=O)cc2)C1O)c1ccc(Cl)s1. The number of anilines is 2. The maximum Gasteiger partial charge on any atom is 0.417 e. The number of nitrogens with zero attached hydrogens (tertiary/aromatic N) is 2. The van der Waals surface area contributed by atoms with Gasteiger partial charge in [0.25, 0.3) is 11.8 Å². The molecule has 4 rings (SSSR count). The molecule has 2 aromatic rings. The van der Waals surface area contributed by atoms with Crippen molar-refractivity contribution >= 4 is 52.2 Å². The molecule has 1 aromatic heterocycles. The number of thiophene rings is 1. The number of aliphatic hydroxyl groups excluding tert-OH is 1. The molecule has 3 heterocycles. The molecule has 2 aliphatic heterocycles. The van der Waals surface area contributed by atoms with E-state index in [1.54, 1.807) is 41.3 Å². The fourth-order valence-electron chi connectivity index (χ4n) is 3.23. The first kappa shape index (κ1) is 20.6. The number of carbonyl (C=O) groups is 3. The Labute approximate surface area is 180 Å². The molecular formula is C19H18ClN3O6S. The molecule has 1 unspecified atom stereocenters. The van der Waals surface area contributed by atoms with Crippen LogP contribution in [0.5, 0.6) is 0 Å². The van der Waals surface area contributed by atoms with Gasteiger partial charge in [-0.25, -0.2) is 9.69 Å². The Kier molecular flexibility index (Phi) is 5.91. The zero-order valence-corrected chi connectivity index (χ0v) is 17.2. The number of ether oxygens (including phenoxy) is 2. The number of aliphatic hydroxyl groups is 1. The molecule has 2 aliphatic rings. The third kappa shape index (κ3) is 4.12. The summed E-state index contributed by atoms with van der Waals surface area (Å²) in [5.74, 6) is -0.509. The van der Waals surface area contributed by atoms with E-state index >= 15 is 0 Å². The normalized spacial score (nSPS) is 21.7. The molecule has 0 aliphatic carbocycles. The highest BCUT2D eigenvalue weighted by Crippen LogP contribution is 2.28. The van der Waals surface area contributed by atoms with Crippen molar-refractivity contribution in [1.82, 2.24) is 5.32 Å². The third-order valence-corrected chi connectivity index (χ3v) is 5.96. The topological polar surface area (TPSA) is 108 Å². The number of amides is 3. The first-order valence-electron chi connectivity index (χ1n) is 9.13. The van der Waals surface area contributed by atoms with Crippen molar-refractivity contribution in [3.8, 4) is 0 Å². The first-order valence-corrected chi connectivity index (χ1v) is 10.3. The number of halogens is 1. The summed E-state index contributed by atoms with van der Waals surface area (Å²) in [4.78, 5) is 39.5. The molecular weight excluding hydrogens is 434 g/mol. The minimum Gasteiger partial charge on any atom is -0.439 e. The Balaban J connectivity index is 1.40. The van der Waals surface area contributed by atoms with Crippen LogP contribution >= 0.6 is 22.9 Å². The van der Waals surface area contributed by atoms with E-state index in [1.807, 2.05) is 0 Å². The minimum atomic E-state index is -1.28. The van der Waals surface area contributed by atoms with Crippen LogP contribution in [-0.4, -0.2) is 61.6 Å². The summed E-state index contributed by atoms with van der Waals surface area (Å²) in [6, 6.07) is 9.82. The van der Waals surface area contributed by atoms with Gasteiger partial charge in [0.05, 0.1) is 28.1 Å². The molecule has 1 aromatic carbocycles. The van der Waals surface area contributed by atoms with Crippen LogP contribution in [0.15, 0.2) is 36.4 Å². The summed E-state index contributed by atoms with van der Waals surface area (Å²) in [5.41, 5.74) is 1.09. The standard InChI is InChI=1S/C19H18ClN3O6S/c20-15-6-5-14(30-15)17(25)21-9-13-18(26)23(19(27)29-13)12-3-1-11(2-4-12)22-7-8-28-10-16(22)24/h1-6,13,18,26H,7-10H2,(H,21,25)/t13-,18?/m0/s1. The summed E-state index contributed by atoms with van der Waals surface area (Å²) in [7, 11) is 0. The molecule has 9 nitrogen and oxygen atoms in total. The smallest absolute Gasteiger partial charge is 0.417 e. The third-order valence-electron chi connectivity index (χ3n) is 4.73. The fraction of sp³-hybridized carbons (Fsp3) is 0.316. The van der Waals surface area contributed by atoms with Gasteiger partial charge < -0.3 is 24.8 Å². The quantitative estimate of drug-likeness (QED) is 0.718. The van der Waals surface area contributed by atoms with Crippen molar-refractivity contribution in [2.75, 3.05) is 36.1 Å². The van der Waals surface area contributed by atoms with Gasteiger partial charge in [-0.05, 0) is 36.4 Å². The lowest BCUT2D eigenvalue weighted by Gasteiger charge is -2.27. The lowest BCUT2D eigenvalue weighted by atomic mass is 10.2. The van der Waals surface area contributed by atoms with E-state index in [2.05, 4.69) is 5.32 Å². The maximum absolute atomic E-state index is 12.3. The van der Waals surface area contributed by atoms with Crippen LogP contribution in [0.4, 0.5) is 16.2 Å². The Hall–Kier alpha value is -2.66. The molecule has 0 saturated carbocycles. The van der Waals surface area contributed by atoms with Gasteiger partial charge in [-0.1, -0.05) is 11.6 Å². The summed E-state index contributed by atoms with van der Waals surface area (Å²) in [6.07, 6.45) is -2.94. The second-order valence-corrected chi connectivity index (χ2v) is 8.35. The molecule has 158 valence electrons.